The molecule has 148 valence electrons. The molecule has 0 saturated carbocycles. The number of likely N-dealkylation sites (tertiary alicyclic amines) is 2. The van der Waals surface area contributed by atoms with Crippen molar-refractivity contribution in [1.82, 2.24) is 15.1 Å². The molecule has 0 spiro atoms. The van der Waals surface area contributed by atoms with E-state index in [1.54, 1.807) is 0 Å². The van der Waals surface area contributed by atoms with E-state index in [9.17, 15) is 4.79 Å². The van der Waals surface area contributed by atoms with E-state index in [0.29, 0.717) is 18.4 Å². The number of carbonyl (C=O) groups excluding carboxylic acids is 1. The van der Waals surface area contributed by atoms with Crippen molar-refractivity contribution in [3.63, 3.8) is 0 Å². The van der Waals surface area contributed by atoms with Crippen LogP contribution in [0.1, 0.15) is 50.5 Å². The summed E-state index contributed by atoms with van der Waals surface area (Å²) >= 11 is 0. The maximum atomic E-state index is 12.4. The third-order valence-electron chi connectivity index (χ3n) is 6.10. The molecule has 2 aliphatic heterocycles. The van der Waals surface area contributed by atoms with Gasteiger partial charge in [0.1, 0.15) is 0 Å². The number of guanidine groups is 1. The quantitative estimate of drug-likeness (QED) is 0.654. The fourth-order valence-electron chi connectivity index (χ4n) is 4.52. The number of aliphatic imine (C=N–C) groups is 1. The fraction of sp³-hybridized carbons (Fsp3) is 0.636. The molecule has 1 aromatic rings. The summed E-state index contributed by atoms with van der Waals surface area (Å²) in [6.07, 6.45) is 5.79. The molecule has 2 fully saturated rings. The maximum absolute atomic E-state index is 12.4. The summed E-state index contributed by atoms with van der Waals surface area (Å²) in [7, 11) is 1.82. The van der Waals surface area contributed by atoms with Gasteiger partial charge in [-0.25, -0.2) is 0 Å². The van der Waals surface area contributed by atoms with Gasteiger partial charge in [0, 0.05) is 33.2 Å². The number of benzene rings is 1. The van der Waals surface area contributed by atoms with Crippen LogP contribution in [0.4, 0.5) is 0 Å². The molecule has 2 atom stereocenters. The van der Waals surface area contributed by atoms with Crippen molar-refractivity contribution in [2.75, 3.05) is 39.8 Å². The van der Waals surface area contributed by atoms with E-state index < -0.39 is 0 Å². The van der Waals surface area contributed by atoms with Crippen LogP contribution in [0.5, 0.6) is 0 Å². The topological polar surface area (TPSA) is 47.9 Å². The van der Waals surface area contributed by atoms with E-state index in [1.165, 1.54) is 12.0 Å². The van der Waals surface area contributed by atoms with E-state index in [0.717, 1.165) is 57.8 Å². The predicted octanol–water partition coefficient (Wildman–Crippen LogP) is 3.09. The van der Waals surface area contributed by atoms with Crippen LogP contribution in [0.2, 0.25) is 0 Å². The first-order chi connectivity index (χ1) is 13.2. The van der Waals surface area contributed by atoms with Crippen molar-refractivity contribution in [2.24, 2.45) is 10.9 Å². The van der Waals surface area contributed by atoms with E-state index in [1.807, 2.05) is 11.9 Å². The second-order valence-electron chi connectivity index (χ2n) is 7.76. The van der Waals surface area contributed by atoms with Crippen molar-refractivity contribution in [3.8, 4) is 0 Å². The summed E-state index contributed by atoms with van der Waals surface area (Å²) in [5, 5.41) is 3.32. The lowest BCUT2D eigenvalue weighted by Crippen LogP contribution is -2.51. The molecule has 0 aliphatic carbocycles. The van der Waals surface area contributed by atoms with Gasteiger partial charge in [0.05, 0.1) is 6.54 Å². The van der Waals surface area contributed by atoms with Gasteiger partial charge in [0.2, 0.25) is 5.91 Å². The molecule has 0 bridgehead atoms. The summed E-state index contributed by atoms with van der Waals surface area (Å²) in [4.78, 5) is 21.2. The second-order valence-corrected chi connectivity index (χ2v) is 7.76. The number of nitrogens with zero attached hydrogens (tertiary/aromatic N) is 3. The molecular weight excluding hydrogens is 336 g/mol. The van der Waals surface area contributed by atoms with Gasteiger partial charge in [-0.15, -0.1) is 0 Å². The molecule has 2 aliphatic rings. The lowest BCUT2D eigenvalue weighted by atomic mass is 9.79. The Kier molecular flexibility index (Phi) is 7.13. The average Bonchev–Trinajstić information content (AvgIpc) is 2.75. The minimum atomic E-state index is 0.196. The van der Waals surface area contributed by atoms with Crippen LogP contribution in [0.25, 0.3) is 0 Å². The fourth-order valence-corrected chi connectivity index (χ4v) is 4.52. The highest BCUT2D eigenvalue weighted by atomic mass is 16.2. The summed E-state index contributed by atoms with van der Waals surface area (Å²) in [6, 6.07) is 10.9. The Morgan fingerprint density at radius 1 is 1.11 bits per heavy atom. The first kappa shape index (κ1) is 19.7. The Hall–Kier alpha value is -2.04. The summed E-state index contributed by atoms with van der Waals surface area (Å²) in [5.41, 5.74) is 1.45. The number of carbonyl (C=O) groups is 1. The number of nitrogens with one attached hydrogen (secondary N) is 1. The second kappa shape index (κ2) is 9.77. The summed E-state index contributed by atoms with van der Waals surface area (Å²) < 4.78 is 0. The number of rotatable bonds is 4. The van der Waals surface area contributed by atoms with Gasteiger partial charge in [-0.2, -0.15) is 0 Å². The van der Waals surface area contributed by atoms with Gasteiger partial charge in [0.15, 0.2) is 5.96 Å². The van der Waals surface area contributed by atoms with Crippen molar-refractivity contribution in [3.05, 3.63) is 35.9 Å². The van der Waals surface area contributed by atoms with Gasteiger partial charge in [-0.3, -0.25) is 9.79 Å². The van der Waals surface area contributed by atoms with Crippen molar-refractivity contribution in [1.29, 1.82) is 0 Å². The van der Waals surface area contributed by atoms with Crippen LogP contribution in [-0.4, -0.2) is 61.4 Å². The molecule has 5 nitrogen and oxygen atoms in total. The van der Waals surface area contributed by atoms with Crippen molar-refractivity contribution < 1.29 is 4.79 Å². The molecule has 5 heteroatoms. The third kappa shape index (κ3) is 5.02. The minimum absolute atomic E-state index is 0.196. The molecule has 2 heterocycles. The minimum Gasteiger partial charge on any atom is -0.347 e. The first-order valence-electron chi connectivity index (χ1n) is 10.5. The zero-order valence-corrected chi connectivity index (χ0v) is 16.9. The largest absolute Gasteiger partial charge is 0.347 e. The molecular formula is C22H34N4O. The molecule has 1 N–H and O–H groups in total. The van der Waals surface area contributed by atoms with E-state index in [-0.39, 0.29) is 5.91 Å². The Balaban J connectivity index is 1.56. The van der Waals surface area contributed by atoms with Crippen LogP contribution in [0.15, 0.2) is 35.3 Å². The van der Waals surface area contributed by atoms with Gasteiger partial charge < -0.3 is 15.1 Å². The van der Waals surface area contributed by atoms with Gasteiger partial charge in [-0.1, -0.05) is 43.7 Å². The highest BCUT2D eigenvalue weighted by Gasteiger charge is 2.30. The zero-order valence-electron chi connectivity index (χ0n) is 16.9. The molecule has 0 aromatic heterocycles. The zero-order chi connectivity index (χ0) is 19.1. The van der Waals surface area contributed by atoms with Crippen LogP contribution in [0.3, 0.4) is 0 Å². The van der Waals surface area contributed by atoms with Crippen LogP contribution >= 0.6 is 0 Å². The molecule has 2 unspecified atom stereocenters. The van der Waals surface area contributed by atoms with Crippen molar-refractivity contribution >= 4 is 11.9 Å². The van der Waals surface area contributed by atoms with Gasteiger partial charge in [0.25, 0.3) is 0 Å². The summed E-state index contributed by atoms with van der Waals surface area (Å²) in [6.45, 7) is 6.41. The predicted molar refractivity (Wildman–Crippen MR) is 111 cm³/mol. The average molecular weight is 371 g/mol. The number of hydrogen-bond acceptors (Lipinski definition) is 2. The Bertz CT molecular complexity index is 624. The number of amides is 1. The molecule has 1 aromatic carbocycles. The third-order valence-corrected chi connectivity index (χ3v) is 6.10. The van der Waals surface area contributed by atoms with Gasteiger partial charge in [-0.05, 0) is 43.1 Å². The lowest BCUT2D eigenvalue weighted by molar-refractivity contribution is -0.130. The Morgan fingerprint density at radius 2 is 1.85 bits per heavy atom. The van der Waals surface area contributed by atoms with E-state index in [4.69, 9.17) is 0 Å². The normalized spacial score (nSPS) is 24.0. The van der Waals surface area contributed by atoms with Crippen LogP contribution in [0, 0.1) is 5.92 Å². The highest BCUT2D eigenvalue weighted by molar-refractivity contribution is 5.86. The van der Waals surface area contributed by atoms with Crippen LogP contribution < -0.4 is 5.32 Å². The van der Waals surface area contributed by atoms with Crippen LogP contribution in [-0.2, 0) is 4.79 Å². The van der Waals surface area contributed by atoms with E-state index >= 15 is 0 Å². The molecule has 3 rings (SSSR count). The molecule has 27 heavy (non-hydrogen) atoms. The molecule has 1 amide bonds. The standard InChI is InChI=1S/C22H34N4O/c1-3-18-17-26(15-12-20(18)19-10-6-4-7-11-19)22(23-2)24-16-21(27)25-13-8-5-9-14-25/h4,6-7,10-11,18,20H,3,5,8-9,12-17H2,1-2H3,(H,23,24). The summed E-state index contributed by atoms with van der Waals surface area (Å²) in [5.74, 6) is 2.28. The van der Waals surface area contributed by atoms with Gasteiger partial charge >= 0.3 is 0 Å². The SMILES string of the molecule is CCC1CN(C(=NC)NCC(=O)N2CCCCC2)CCC1c1ccccc1. The van der Waals surface area contributed by atoms with Crippen molar-refractivity contribution in [2.45, 2.75) is 44.9 Å². The lowest BCUT2D eigenvalue weighted by Gasteiger charge is -2.40. The smallest absolute Gasteiger partial charge is 0.241 e. The van der Waals surface area contributed by atoms with E-state index in [2.05, 4.69) is 52.5 Å². The Morgan fingerprint density at radius 3 is 2.52 bits per heavy atom. The number of piperidine rings is 2. The highest BCUT2D eigenvalue weighted by Crippen LogP contribution is 2.34. The Labute approximate surface area is 163 Å². The molecule has 0 radical (unpaired) electrons. The number of hydrogen-bond donors (Lipinski definition) is 1. The monoisotopic (exact) mass is 370 g/mol. The molecule has 2 saturated heterocycles. The first-order valence-corrected chi connectivity index (χ1v) is 10.5. The maximum Gasteiger partial charge on any atom is 0.241 e.